The molecule has 19 heavy (non-hydrogen) atoms. The standard InChI is InChI=1S/C12H18F3N3O/c1-8(2)6-11(3,19)7-16-10-5-4-9(17-18-10)12(13,14)15/h4-5,8,19H,6-7H2,1-3H3,(H,16,18). The van der Waals surface area contributed by atoms with E-state index in [1.807, 2.05) is 13.8 Å². The summed E-state index contributed by atoms with van der Waals surface area (Å²) < 4.78 is 36.8. The van der Waals surface area contributed by atoms with Crippen LogP contribution in [0.4, 0.5) is 19.0 Å². The highest BCUT2D eigenvalue weighted by Gasteiger charge is 2.33. The summed E-state index contributed by atoms with van der Waals surface area (Å²) in [6.45, 7) is 5.82. The van der Waals surface area contributed by atoms with Gasteiger partial charge in [0.2, 0.25) is 0 Å². The van der Waals surface area contributed by atoms with Gasteiger partial charge >= 0.3 is 6.18 Å². The minimum absolute atomic E-state index is 0.200. The second-order valence-electron chi connectivity index (χ2n) is 5.25. The Morgan fingerprint density at radius 1 is 1.26 bits per heavy atom. The molecule has 0 saturated heterocycles. The zero-order valence-electron chi connectivity index (χ0n) is 11.1. The van der Waals surface area contributed by atoms with Crippen LogP contribution in [0.1, 0.15) is 32.9 Å². The average molecular weight is 277 g/mol. The predicted octanol–water partition coefficient (Wildman–Crippen LogP) is 2.70. The Balaban J connectivity index is 2.59. The number of aromatic nitrogens is 2. The number of anilines is 1. The Bertz CT molecular complexity index is 402. The van der Waals surface area contributed by atoms with Crippen LogP contribution in [0, 0.1) is 5.92 Å². The van der Waals surface area contributed by atoms with Crippen LogP contribution in [0.5, 0.6) is 0 Å². The molecule has 0 aliphatic rings. The molecular weight excluding hydrogens is 259 g/mol. The number of halogens is 3. The molecule has 0 aromatic carbocycles. The molecule has 0 aliphatic carbocycles. The van der Waals surface area contributed by atoms with Gasteiger partial charge in [0.25, 0.3) is 0 Å². The van der Waals surface area contributed by atoms with Crippen molar-refractivity contribution in [1.82, 2.24) is 10.2 Å². The van der Waals surface area contributed by atoms with E-state index < -0.39 is 17.5 Å². The van der Waals surface area contributed by atoms with Crippen molar-refractivity contribution in [3.8, 4) is 0 Å². The van der Waals surface area contributed by atoms with E-state index >= 15 is 0 Å². The molecule has 4 nitrogen and oxygen atoms in total. The molecule has 108 valence electrons. The minimum atomic E-state index is -4.49. The second kappa shape index (κ2) is 5.73. The van der Waals surface area contributed by atoms with Gasteiger partial charge in [-0.2, -0.15) is 13.2 Å². The maximum absolute atomic E-state index is 12.3. The van der Waals surface area contributed by atoms with Crippen LogP contribution in [0.2, 0.25) is 0 Å². The minimum Gasteiger partial charge on any atom is -0.388 e. The molecule has 0 radical (unpaired) electrons. The lowest BCUT2D eigenvalue weighted by Gasteiger charge is -2.25. The maximum Gasteiger partial charge on any atom is 0.435 e. The van der Waals surface area contributed by atoms with Crippen molar-refractivity contribution in [2.75, 3.05) is 11.9 Å². The van der Waals surface area contributed by atoms with Gasteiger partial charge in [0.15, 0.2) is 5.69 Å². The monoisotopic (exact) mass is 277 g/mol. The summed E-state index contributed by atoms with van der Waals surface area (Å²) in [4.78, 5) is 0. The number of rotatable bonds is 5. The van der Waals surface area contributed by atoms with Crippen LogP contribution < -0.4 is 5.32 Å². The van der Waals surface area contributed by atoms with Gasteiger partial charge in [-0.15, -0.1) is 10.2 Å². The molecule has 1 aromatic heterocycles. The zero-order valence-corrected chi connectivity index (χ0v) is 11.1. The number of hydrogen-bond donors (Lipinski definition) is 2. The summed E-state index contributed by atoms with van der Waals surface area (Å²) >= 11 is 0. The van der Waals surface area contributed by atoms with Crippen LogP contribution in [0.3, 0.4) is 0 Å². The average Bonchev–Trinajstić information content (AvgIpc) is 2.24. The van der Waals surface area contributed by atoms with E-state index in [2.05, 4.69) is 15.5 Å². The third kappa shape index (κ3) is 5.42. The van der Waals surface area contributed by atoms with Gasteiger partial charge < -0.3 is 10.4 Å². The topological polar surface area (TPSA) is 58.0 Å². The van der Waals surface area contributed by atoms with Crippen LogP contribution in [-0.2, 0) is 6.18 Å². The van der Waals surface area contributed by atoms with Gasteiger partial charge in [-0.05, 0) is 31.4 Å². The molecule has 7 heteroatoms. The SMILES string of the molecule is CC(C)CC(C)(O)CNc1ccc(C(F)(F)F)nn1. The third-order valence-corrected chi connectivity index (χ3v) is 2.45. The molecule has 0 amide bonds. The van der Waals surface area contributed by atoms with Gasteiger partial charge in [-0.25, -0.2) is 0 Å². The van der Waals surface area contributed by atoms with Gasteiger partial charge in [0.05, 0.1) is 5.60 Å². The van der Waals surface area contributed by atoms with Crippen molar-refractivity contribution < 1.29 is 18.3 Å². The Hall–Kier alpha value is -1.37. The van der Waals surface area contributed by atoms with Crippen molar-refractivity contribution in [2.45, 2.75) is 39.0 Å². The van der Waals surface area contributed by atoms with Crippen LogP contribution >= 0.6 is 0 Å². The molecule has 0 bridgehead atoms. The first-order chi connectivity index (χ1) is 8.60. The summed E-state index contributed by atoms with van der Waals surface area (Å²) in [6.07, 6.45) is -3.91. The molecule has 0 saturated carbocycles. The van der Waals surface area contributed by atoms with Gasteiger partial charge in [-0.3, -0.25) is 0 Å². The molecule has 1 rings (SSSR count). The molecular formula is C12H18F3N3O. The first kappa shape index (κ1) is 15.7. The summed E-state index contributed by atoms with van der Waals surface area (Å²) in [5.41, 5.74) is -1.98. The van der Waals surface area contributed by atoms with E-state index in [1.165, 1.54) is 6.07 Å². The Labute approximate surface area is 110 Å². The van der Waals surface area contributed by atoms with E-state index in [0.717, 1.165) is 6.07 Å². The predicted molar refractivity (Wildman–Crippen MR) is 65.6 cm³/mol. The quantitative estimate of drug-likeness (QED) is 0.868. The smallest absolute Gasteiger partial charge is 0.388 e. The third-order valence-electron chi connectivity index (χ3n) is 2.45. The lowest BCUT2D eigenvalue weighted by molar-refractivity contribution is -0.141. The fourth-order valence-corrected chi connectivity index (χ4v) is 1.81. The highest BCUT2D eigenvalue weighted by molar-refractivity contribution is 5.33. The fraction of sp³-hybridized carbons (Fsp3) is 0.667. The lowest BCUT2D eigenvalue weighted by atomic mass is 9.94. The Kier molecular flexibility index (Phi) is 4.73. The lowest BCUT2D eigenvalue weighted by Crippen LogP contribution is -2.35. The molecule has 0 aliphatic heterocycles. The fourth-order valence-electron chi connectivity index (χ4n) is 1.81. The largest absolute Gasteiger partial charge is 0.435 e. The van der Waals surface area contributed by atoms with Crippen molar-refractivity contribution in [3.63, 3.8) is 0 Å². The molecule has 0 fully saturated rings. The van der Waals surface area contributed by atoms with Crippen molar-refractivity contribution >= 4 is 5.82 Å². The van der Waals surface area contributed by atoms with Crippen LogP contribution in [0.15, 0.2) is 12.1 Å². The Morgan fingerprint density at radius 3 is 2.32 bits per heavy atom. The first-order valence-corrected chi connectivity index (χ1v) is 5.97. The number of nitrogens with one attached hydrogen (secondary N) is 1. The van der Waals surface area contributed by atoms with E-state index in [4.69, 9.17) is 0 Å². The molecule has 1 atom stereocenters. The first-order valence-electron chi connectivity index (χ1n) is 5.97. The van der Waals surface area contributed by atoms with Crippen LogP contribution in [0.25, 0.3) is 0 Å². The number of alkyl halides is 3. The number of hydrogen-bond acceptors (Lipinski definition) is 4. The molecule has 1 heterocycles. The van der Waals surface area contributed by atoms with E-state index in [0.29, 0.717) is 12.3 Å². The Morgan fingerprint density at radius 2 is 1.89 bits per heavy atom. The molecule has 1 aromatic rings. The van der Waals surface area contributed by atoms with Crippen LogP contribution in [-0.4, -0.2) is 27.4 Å². The second-order valence-corrected chi connectivity index (χ2v) is 5.25. The van der Waals surface area contributed by atoms with Crippen molar-refractivity contribution in [3.05, 3.63) is 17.8 Å². The van der Waals surface area contributed by atoms with Gasteiger partial charge in [-0.1, -0.05) is 13.8 Å². The summed E-state index contributed by atoms with van der Waals surface area (Å²) in [5.74, 6) is 0.521. The maximum atomic E-state index is 12.3. The van der Waals surface area contributed by atoms with Crippen molar-refractivity contribution in [2.24, 2.45) is 5.92 Å². The zero-order chi connectivity index (χ0) is 14.7. The highest BCUT2D eigenvalue weighted by Crippen LogP contribution is 2.27. The van der Waals surface area contributed by atoms with Gasteiger partial charge in [0, 0.05) is 6.54 Å². The van der Waals surface area contributed by atoms with Crippen molar-refractivity contribution in [1.29, 1.82) is 0 Å². The molecule has 2 N–H and O–H groups in total. The van der Waals surface area contributed by atoms with E-state index in [1.54, 1.807) is 6.92 Å². The number of aliphatic hydroxyl groups is 1. The summed E-state index contributed by atoms with van der Waals surface area (Å²) in [7, 11) is 0. The summed E-state index contributed by atoms with van der Waals surface area (Å²) in [5, 5.41) is 19.3. The molecule has 1 unspecified atom stereocenters. The van der Waals surface area contributed by atoms with Gasteiger partial charge in [0.1, 0.15) is 5.82 Å². The molecule has 0 spiro atoms. The van der Waals surface area contributed by atoms with E-state index in [9.17, 15) is 18.3 Å². The number of nitrogens with zero attached hydrogens (tertiary/aromatic N) is 2. The normalized spacial score (nSPS) is 15.4. The van der Waals surface area contributed by atoms with E-state index in [-0.39, 0.29) is 12.4 Å². The highest BCUT2D eigenvalue weighted by atomic mass is 19.4. The summed E-state index contributed by atoms with van der Waals surface area (Å²) in [6, 6.07) is 2.05.